The summed E-state index contributed by atoms with van der Waals surface area (Å²) in [5.74, 6) is -0.158. The van der Waals surface area contributed by atoms with E-state index in [0.29, 0.717) is 18.2 Å². The number of hydrogen-bond donors (Lipinski definition) is 2. The maximum atomic E-state index is 13.3. The molecule has 0 saturated carbocycles. The van der Waals surface area contributed by atoms with Crippen LogP contribution in [0.3, 0.4) is 0 Å². The van der Waals surface area contributed by atoms with E-state index in [1.165, 1.54) is 12.1 Å². The van der Waals surface area contributed by atoms with Crippen molar-refractivity contribution in [1.82, 2.24) is 15.0 Å². The van der Waals surface area contributed by atoms with Crippen LogP contribution in [-0.2, 0) is 0 Å². The van der Waals surface area contributed by atoms with Crippen molar-refractivity contribution in [2.75, 3.05) is 17.2 Å². The van der Waals surface area contributed by atoms with E-state index in [9.17, 15) is 4.39 Å². The number of aromatic nitrogens is 3. The predicted molar refractivity (Wildman–Crippen MR) is 78.7 cm³/mol. The van der Waals surface area contributed by atoms with Gasteiger partial charge in [0.1, 0.15) is 0 Å². The van der Waals surface area contributed by atoms with Gasteiger partial charge < -0.3 is 10.6 Å². The highest BCUT2D eigenvalue weighted by Crippen LogP contribution is 2.28. The Bertz CT molecular complexity index is 614. The number of nitrogens with zero attached hydrogens (tertiary/aromatic N) is 3. The minimum Gasteiger partial charge on any atom is -0.354 e. The molecule has 1 heterocycles. The van der Waals surface area contributed by atoms with Crippen LogP contribution in [0.1, 0.15) is 6.92 Å². The summed E-state index contributed by atoms with van der Waals surface area (Å²) in [6.07, 6.45) is 0. The first-order valence-electron chi connectivity index (χ1n) is 5.56. The molecule has 2 N–H and O–H groups in total. The van der Waals surface area contributed by atoms with Crippen molar-refractivity contribution in [2.24, 2.45) is 0 Å². The zero-order chi connectivity index (χ0) is 14.7. The molecule has 5 nitrogen and oxygen atoms in total. The Morgan fingerprint density at radius 1 is 1.05 bits per heavy atom. The average molecular weight is 337 g/mol. The highest BCUT2D eigenvalue weighted by atomic mass is 35.5. The van der Waals surface area contributed by atoms with Gasteiger partial charge >= 0.3 is 0 Å². The van der Waals surface area contributed by atoms with Gasteiger partial charge in [-0.05, 0) is 30.7 Å². The van der Waals surface area contributed by atoms with Crippen molar-refractivity contribution < 1.29 is 4.39 Å². The SMILES string of the molecule is CCNc1nc(Cl)nc(Nc2cc(Cl)c(F)c(Cl)c2)n1. The summed E-state index contributed by atoms with van der Waals surface area (Å²) >= 11 is 17.2. The van der Waals surface area contributed by atoms with Crippen LogP contribution in [0.4, 0.5) is 22.0 Å². The topological polar surface area (TPSA) is 62.7 Å². The second-order valence-corrected chi connectivity index (χ2v) is 4.81. The van der Waals surface area contributed by atoms with Crippen LogP contribution in [-0.4, -0.2) is 21.5 Å². The fraction of sp³-hybridized carbons (Fsp3) is 0.182. The third-order valence-electron chi connectivity index (χ3n) is 2.18. The minimum atomic E-state index is -0.680. The molecule has 0 amide bonds. The third kappa shape index (κ3) is 3.59. The fourth-order valence-electron chi connectivity index (χ4n) is 1.40. The molecule has 0 bridgehead atoms. The van der Waals surface area contributed by atoms with Gasteiger partial charge in [0.05, 0.1) is 10.0 Å². The summed E-state index contributed by atoms with van der Waals surface area (Å²) in [6.45, 7) is 2.53. The lowest BCUT2D eigenvalue weighted by atomic mass is 10.3. The molecule has 0 radical (unpaired) electrons. The number of halogens is 4. The van der Waals surface area contributed by atoms with Gasteiger partial charge in [-0.15, -0.1) is 0 Å². The molecule has 2 aromatic rings. The summed E-state index contributed by atoms with van der Waals surface area (Å²) in [5, 5.41) is 5.55. The van der Waals surface area contributed by atoms with Gasteiger partial charge in [0.25, 0.3) is 0 Å². The number of benzene rings is 1. The van der Waals surface area contributed by atoms with Crippen LogP contribution in [0.15, 0.2) is 12.1 Å². The van der Waals surface area contributed by atoms with Crippen molar-refractivity contribution in [3.05, 3.63) is 33.3 Å². The lowest BCUT2D eigenvalue weighted by molar-refractivity contribution is 0.629. The molecule has 0 atom stereocenters. The molecule has 0 aliphatic heterocycles. The molecule has 20 heavy (non-hydrogen) atoms. The molecular weight excluding hydrogens is 328 g/mol. The van der Waals surface area contributed by atoms with E-state index in [2.05, 4.69) is 25.6 Å². The van der Waals surface area contributed by atoms with E-state index < -0.39 is 5.82 Å². The van der Waals surface area contributed by atoms with Gasteiger partial charge in [0.2, 0.25) is 17.2 Å². The standard InChI is InChI=1S/C11H9Cl3FN5/c1-2-16-10-18-9(14)19-11(20-10)17-5-3-6(12)8(15)7(13)4-5/h3-4H,2H2,1H3,(H2,16,17,18,19,20). The molecule has 1 aromatic carbocycles. The molecule has 0 fully saturated rings. The van der Waals surface area contributed by atoms with Crippen molar-refractivity contribution in [1.29, 1.82) is 0 Å². The first-order chi connectivity index (χ1) is 9.49. The Morgan fingerprint density at radius 3 is 2.25 bits per heavy atom. The maximum absolute atomic E-state index is 13.3. The molecule has 0 unspecified atom stereocenters. The van der Waals surface area contributed by atoms with Crippen molar-refractivity contribution in [3.8, 4) is 0 Å². The molecule has 2 rings (SSSR count). The minimum absolute atomic E-state index is 0.0257. The van der Waals surface area contributed by atoms with Crippen LogP contribution in [0.5, 0.6) is 0 Å². The van der Waals surface area contributed by atoms with E-state index in [1.807, 2.05) is 6.92 Å². The molecule has 1 aromatic heterocycles. The Balaban J connectivity index is 2.30. The summed E-state index contributed by atoms with van der Waals surface area (Å²) in [6, 6.07) is 2.74. The van der Waals surface area contributed by atoms with Gasteiger partial charge in [-0.25, -0.2) is 4.39 Å². The smallest absolute Gasteiger partial charge is 0.233 e. The molecule has 0 aliphatic carbocycles. The second-order valence-electron chi connectivity index (χ2n) is 3.66. The second kappa shape index (κ2) is 6.39. The summed E-state index contributed by atoms with van der Waals surface area (Å²) in [7, 11) is 0. The van der Waals surface area contributed by atoms with Crippen LogP contribution in [0.25, 0.3) is 0 Å². The Labute approximate surface area is 129 Å². The molecule has 0 saturated heterocycles. The van der Waals surface area contributed by atoms with E-state index >= 15 is 0 Å². The van der Waals surface area contributed by atoms with E-state index in [1.54, 1.807) is 0 Å². The summed E-state index contributed by atoms with van der Waals surface area (Å²) in [5.41, 5.74) is 0.436. The Kier molecular flexibility index (Phi) is 4.80. The van der Waals surface area contributed by atoms with Crippen LogP contribution >= 0.6 is 34.8 Å². The highest BCUT2D eigenvalue weighted by molar-refractivity contribution is 6.35. The Morgan fingerprint density at radius 2 is 1.65 bits per heavy atom. The van der Waals surface area contributed by atoms with Gasteiger partial charge in [-0.2, -0.15) is 15.0 Å². The molecule has 0 spiro atoms. The fourth-order valence-corrected chi connectivity index (χ4v) is 2.05. The van der Waals surface area contributed by atoms with Crippen molar-refractivity contribution in [3.63, 3.8) is 0 Å². The Hall–Kier alpha value is -1.37. The lowest BCUT2D eigenvalue weighted by Crippen LogP contribution is -2.06. The highest BCUT2D eigenvalue weighted by Gasteiger charge is 2.10. The molecular formula is C11H9Cl3FN5. The first kappa shape index (κ1) is 15.0. The van der Waals surface area contributed by atoms with E-state index in [-0.39, 0.29) is 21.3 Å². The molecule has 9 heteroatoms. The normalized spacial score (nSPS) is 10.4. The van der Waals surface area contributed by atoms with Crippen molar-refractivity contribution in [2.45, 2.75) is 6.92 Å². The largest absolute Gasteiger partial charge is 0.354 e. The first-order valence-corrected chi connectivity index (χ1v) is 6.70. The average Bonchev–Trinajstić information content (AvgIpc) is 2.35. The zero-order valence-electron chi connectivity index (χ0n) is 10.2. The van der Waals surface area contributed by atoms with E-state index in [0.717, 1.165) is 0 Å². The lowest BCUT2D eigenvalue weighted by Gasteiger charge is -2.08. The number of anilines is 3. The molecule has 0 aliphatic rings. The van der Waals surface area contributed by atoms with Gasteiger partial charge in [0.15, 0.2) is 5.82 Å². The molecule has 106 valence electrons. The summed E-state index contributed by atoms with van der Waals surface area (Å²) in [4.78, 5) is 11.9. The van der Waals surface area contributed by atoms with Crippen molar-refractivity contribution >= 4 is 52.4 Å². The number of hydrogen-bond acceptors (Lipinski definition) is 5. The van der Waals surface area contributed by atoms with Crippen LogP contribution < -0.4 is 10.6 Å². The maximum Gasteiger partial charge on any atom is 0.233 e. The zero-order valence-corrected chi connectivity index (χ0v) is 12.5. The quantitative estimate of drug-likeness (QED) is 0.821. The van der Waals surface area contributed by atoms with Gasteiger partial charge in [0, 0.05) is 12.2 Å². The van der Waals surface area contributed by atoms with Gasteiger partial charge in [-0.3, -0.25) is 0 Å². The number of nitrogens with one attached hydrogen (secondary N) is 2. The summed E-state index contributed by atoms with van der Waals surface area (Å²) < 4.78 is 13.3. The monoisotopic (exact) mass is 335 g/mol. The van der Waals surface area contributed by atoms with E-state index in [4.69, 9.17) is 34.8 Å². The number of rotatable bonds is 4. The van der Waals surface area contributed by atoms with Gasteiger partial charge in [-0.1, -0.05) is 23.2 Å². The predicted octanol–water partition coefficient (Wildman–Crippen LogP) is 4.15. The van der Waals surface area contributed by atoms with Crippen LogP contribution in [0.2, 0.25) is 15.3 Å². The third-order valence-corrected chi connectivity index (χ3v) is 2.90. The van der Waals surface area contributed by atoms with Crippen LogP contribution in [0, 0.1) is 5.82 Å².